The van der Waals surface area contributed by atoms with Crippen LogP contribution < -0.4 is 0 Å². The number of carbonyl (C=O) groups is 1. The minimum absolute atomic E-state index is 0.550. The molecule has 2 N–H and O–H groups in total. The van der Waals surface area contributed by atoms with Crippen molar-refractivity contribution in [3.63, 3.8) is 0 Å². The number of aromatic nitrogens is 2. The van der Waals surface area contributed by atoms with Crippen LogP contribution in [0.15, 0.2) is 30.3 Å². The molecule has 0 bridgehead atoms. The van der Waals surface area contributed by atoms with Gasteiger partial charge in [0.05, 0.1) is 5.69 Å². The van der Waals surface area contributed by atoms with Gasteiger partial charge in [0.25, 0.3) is 0 Å². The Kier molecular flexibility index (Phi) is 3.80. The minimum atomic E-state index is -0.983. The molecule has 1 aromatic heterocycles. The number of carboxylic acids is 1. The molecule has 0 atom stereocenters. The summed E-state index contributed by atoms with van der Waals surface area (Å²) >= 11 is 0. The van der Waals surface area contributed by atoms with E-state index in [2.05, 4.69) is 29.0 Å². The summed E-state index contributed by atoms with van der Waals surface area (Å²) in [5, 5.41) is 8.60. The van der Waals surface area contributed by atoms with Crippen LogP contribution >= 0.6 is 0 Å². The molecule has 0 saturated carbocycles. The fraction of sp³-hybridized carbons (Fsp3) is 0.200. The van der Waals surface area contributed by atoms with Crippen molar-refractivity contribution in [1.82, 2.24) is 9.97 Å². The summed E-state index contributed by atoms with van der Waals surface area (Å²) in [7, 11) is 0. The Balaban J connectivity index is 2.31. The third-order valence-electron chi connectivity index (χ3n) is 2.92. The number of hydrogen-bond donors (Lipinski definition) is 2. The normalized spacial score (nSPS) is 11.1. The molecule has 19 heavy (non-hydrogen) atoms. The van der Waals surface area contributed by atoms with Crippen molar-refractivity contribution in [2.24, 2.45) is 0 Å². The van der Waals surface area contributed by atoms with Crippen LogP contribution in [0.4, 0.5) is 0 Å². The van der Waals surface area contributed by atoms with Crippen LogP contribution in [0.3, 0.4) is 0 Å². The summed E-state index contributed by atoms with van der Waals surface area (Å²) in [6.45, 7) is 4.04. The maximum atomic E-state index is 10.5. The highest BCUT2D eigenvalue weighted by molar-refractivity contribution is 5.84. The van der Waals surface area contributed by atoms with Crippen LogP contribution in [0.5, 0.6) is 0 Å². The molecule has 4 heteroatoms. The molecule has 98 valence electrons. The molecule has 0 saturated heterocycles. The summed E-state index contributed by atoms with van der Waals surface area (Å²) < 4.78 is 0. The molecule has 2 rings (SSSR count). The van der Waals surface area contributed by atoms with Gasteiger partial charge in [-0.2, -0.15) is 0 Å². The predicted octanol–water partition coefficient (Wildman–Crippen LogP) is 3.05. The highest BCUT2D eigenvalue weighted by Crippen LogP contribution is 2.22. The first-order valence-corrected chi connectivity index (χ1v) is 6.17. The molecular weight excluding hydrogens is 240 g/mol. The van der Waals surface area contributed by atoms with Crippen LogP contribution in [0.25, 0.3) is 17.3 Å². The van der Waals surface area contributed by atoms with Gasteiger partial charge in [-0.15, -0.1) is 0 Å². The average Bonchev–Trinajstić information content (AvgIpc) is 2.78. The van der Waals surface area contributed by atoms with Gasteiger partial charge >= 0.3 is 5.97 Å². The molecule has 0 aliphatic heterocycles. The number of hydrogen-bond acceptors (Lipinski definition) is 2. The molecule has 0 amide bonds. The number of rotatable bonds is 4. The number of aromatic amines is 1. The molecule has 0 spiro atoms. The molecule has 0 aliphatic carbocycles. The van der Waals surface area contributed by atoms with Gasteiger partial charge in [-0.25, -0.2) is 9.78 Å². The smallest absolute Gasteiger partial charge is 0.328 e. The monoisotopic (exact) mass is 256 g/mol. The standard InChI is InChI=1S/C15H16N2O2/c1-3-11-4-6-12(7-5-11)15-10(2)16-13(17-15)8-9-14(18)19/h4-9H,3H2,1-2H3,(H,16,17)(H,18,19)/b9-8+. The molecule has 0 aliphatic rings. The number of carboxylic acid groups (broad SMARTS) is 1. The summed E-state index contributed by atoms with van der Waals surface area (Å²) in [5.74, 6) is -0.433. The van der Waals surface area contributed by atoms with Crippen LogP contribution in [0.2, 0.25) is 0 Å². The Morgan fingerprint density at radius 2 is 2.05 bits per heavy atom. The largest absolute Gasteiger partial charge is 0.478 e. The molecule has 0 unspecified atom stereocenters. The minimum Gasteiger partial charge on any atom is -0.478 e. The lowest BCUT2D eigenvalue weighted by atomic mass is 10.1. The number of aliphatic carboxylic acids is 1. The maximum absolute atomic E-state index is 10.5. The van der Waals surface area contributed by atoms with Gasteiger partial charge in [0.2, 0.25) is 0 Å². The quantitative estimate of drug-likeness (QED) is 0.826. The van der Waals surface area contributed by atoms with Gasteiger partial charge < -0.3 is 10.1 Å². The van der Waals surface area contributed by atoms with Gasteiger partial charge in [0.15, 0.2) is 0 Å². The van der Waals surface area contributed by atoms with Gasteiger partial charge in [-0.1, -0.05) is 31.2 Å². The first-order chi connectivity index (χ1) is 9.10. The maximum Gasteiger partial charge on any atom is 0.328 e. The van der Waals surface area contributed by atoms with Crippen molar-refractivity contribution < 1.29 is 9.90 Å². The van der Waals surface area contributed by atoms with Crippen LogP contribution in [-0.2, 0) is 11.2 Å². The Morgan fingerprint density at radius 3 is 2.63 bits per heavy atom. The van der Waals surface area contributed by atoms with Gasteiger partial charge in [0, 0.05) is 17.3 Å². The lowest BCUT2D eigenvalue weighted by Crippen LogP contribution is -1.86. The van der Waals surface area contributed by atoms with Gasteiger partial charge in [-0.3, -0.25) is 0 Å². The second kappa shape index (κ2) is 5.52. The summed E-state index contributed by atoms with van der Waals surface area (Å²) in [4.78, 5) is 17.9. The number of imidazole rings is 1. The first-order valence-electron chi connectivity index (χ1n) is 6.17. The molecule has 0 radical (unpaired) electrons. The highest BCUT2D eigenvalue weighted by Gasteiger charge is 2.07. The number of nitrogens with zero attached hydrogens (tertiary/aromatic N) is 1. The van der Waals surface area contributed by atoms with Crippen molar-refractivity contribution >= 4 is 12.0 Å². The number of nitrogens with one attached hydrogen (secondary N) is 1. The molecule has 2 aromatic rings. The van der Waals surface area contributed by atoms with E-state index in [9.17, 15) is 4.79 Å². The zero-order valence-corrected chi connectivity index (χ0v) is 11.0. The van der Waals surface area contributed by atoms with E-state index in [0.717, 1.165) is 29.4 Å². The predicted molar refractivity (Wildman–Crippen MR) is 74.8 cm³/mol. The Labute approximate surface area is 111 Å². The van der Waals surface area contributed by atoms with E-state index in [1.165, 1.54) is 11.6 Å². The van der Waals surface area contributed by atoms with Crippen molar-refractivity contribution in [3.05, 3.63) is 47.4 Å². The topological polar surface area (TPSA) is 66.0 Å². The van der Waals surface area contributed by atoms with E-state index < -0.39 is 5.97 Å². The second-order valence-electron chi connectivity index (χ2n) is 4.32. The molecule has 0 fully saturated rings. The van der Waals surface area contributed by atoms with Gasteiger partial charge in [0.1, 0.15) is 5.82 Å². The Bertz CT molecular complexity index is 610. The third-order valence-corrected chi connectivity index (χ3v) is 2.92. The van der Waals surface area contributed by atoms with Crippen LogP contribution in [0.1, 0.15) is 24.0 Å². The van der Waals surface area contributed by atoms with E-state index >= 15 is 0 Å². The summed E-state index contributed by atoms with van der Waals surface area (Å²) in [5.41, 5.74) is 4.09. The lowest BCUT2D eigenvalue weighted by molar-refractivity contribution is -0.131. The van der Waals surface area contributed by atoms with Crippen LogP contribution in [-0.4, -0.2) is 21.0 Å². The van der Waals surface area contributed by atoms with E-state index in [-0.39, 0.29) is 0 Å². The van der Waals surface area contributed by atoms with E-state index in [4.69, 9.17) is 5.11 Å². The third kappa shape index (κ3) is 3.10. The van der Waals surface area contributed by atoms with Crippen molar-refractivity contribution in [1.29, 1.82) is 0 Å². The molecule has 4 nitrogen and oxygen atoms in total. The van der Waals surface area contributed by atoms with Crippen molar-refractivity contribution in [3.8, 4) is 11.3 Å². The number of aryl methyl sites for hydroxylation is 2. The zero-order valence-electron chi connectivity index (χ0n) is 11.0. The Hall–Kier alpha value is -2.36. The fourth-order valence-electron chi connectivity index (χ4n) is 1.89. The van der Waals surface area contributed by atoms with E-state index in [0.29, 0.717) is 5.82 Å². The summed E-state index contributed by atoms with van der Waals surface area (Å²) in [6, 6.07) is 8.23. The second-order valence-corrected chi connectivity index (χ2v) is 4.32. The first kappa shape index (κ1) is 13.1. The molecule has 1 heterocycles. The van der Waals surface area contributed by atoms with Crippen molar-refractivity contribution in [2.45, 2.75) is 20.3 Å². The molecule has 1 aromatic carbocycles. The van der Waals surface area contributed by atoms with E-state index in [1.54, 1.807) is 0 Å². The SMILES string of the molecule is CCc1ccc(-c2nc(/C=C/C(=O)O)[nH]c2C)cc1. The summed E-state index contributed by atoms with van der Waals surface area (Å²) in [6.07, 6.45) is 3.54. The number of benzene rings is 1. The Morgan fingerprint density at radius 1 is 1.37 bits per heavy atom. The molecular formula is C15H16N2O2. The van der Waals surface area contributed by atoms with Gasteiger partial charge in [-0.05, 0) is 25.0 Å². The lowest BCUT2D eigenvalue weighted by Gasteiger charge is -2.00. The fourth-order valence-corrected chi connectivity index (χ4v) is 1.89. The van der Waals surface area contributed by atoms with E-state index in [1.807, 2.05) is 19.1 Å². The highest BCUT2D eigenvalue weighted by atomic mass is 16.4. The number of H-pyrrole nitrogens is 1. The zero-order chi connectivity index (χ0) is 13.8. The average molecular weight is 256 g/mol. The van der Waals surface area contributed by atoms with Crippen molar-refractivity contribution in [2.75, 3.05) is 0 Å². The van der Waals surface area contributed by atoms with Crippen LogP contribution in [0, 0.1) is 6.92 Å².